The predicted octanol–water partition coefficient (Wildman–Crippen LogP) is 7.57. The molecule has 50 heavy (non-hydrogen) atoms. The summed E-state index contributed by atoms with van der Waals surface area (Å²) in [5, 5.41) is 25.3. The van der Waals surface area contributed by atoms with Gasteiger partial charge in [0.25, 0.3) is 11.8 Å². The van der Waals surface area contributed by atoms with Gasteiger partial charge in [0.05, 0.1) is 37.8 Å². The van der Waals surface area contributed by atoms with Crippen molar-refractivity contribution in [1.82, 2.24) is 0 Å². The number of amides is 2. The second-order valence-electron chi connectivity index (χ2n) is 11.1. The Bertz CT molecular complexity index is 1810. The molecule has 0 fully saturated rings. The molecule has 1 aliphatic heterocycles. The molecule has 0 atom stereocenters. The second-order valence-corrected chi connectivity index (χ2v) is 11.1. The minimum Gasteiger partial charge on any atom is -0.493 e. The van der Waals surface area contributed by atoms with Crippen molar-refractivity contribution in [3.8, 4) is 35.1 Å². The van der Waals surface area contributed by atoms with Gasteiger partial charge in [-0.15, -0.1) is 0 Å². The van der Waals surface area contributed by atoms with Crippen LogP contribution in [0.2, 0.25) is 0 Å². The molecular weight excluding hydrogens is 632 g/mol. The Kier molecular flexibility index (Phi) is 12.6. The Labute approximate surface area is 291 Å². The molecule has 4 aromatic carbocycles. The largest absolute Gasteiger partial charge is 0.493 e. The highest BCUT2D eigenvalue weighted by atomic mass is 16.5. The van der Waals surface area contributed by atoms with Crippen LogP contribution in [0.25, 0.3) is 12.2 Å². The van der Waals surface area contributed by atoms with Gasteiger partial charge in [0.1, 0.15) is 46.3 Å². The van der Waals surface area contributed by atoms with Gasteiger partial charge in [0, 0.05) is 11.1 Å². The van der Waals surface area contributed by atoms with Gasteiger partial charge in [-0.3, -0.25) is 9.59 Å². The summed E-state index contributed by atoms with van der Waals surface area (Å²) in [5.41, 5.74) is 1.89. The summed E-state index contributed by atoms with van der Waals surface area (Å²) < 4.78 is 24.0. The van der Waals surface area contributed by atoms with E-state index in [4.69, 9.17) is 18.9 Å². The van der Waals surface area contributed by atoms with E-state index in [1.807, 2.05) is 36.4 Å². The predicted molar refractivity (Wildman–Crippen MR) is 191 cm³/mol. The van der Waals surface area contributed by atoms with Gasteiger partial charge in [-0.25, -0.2) is 0 Å². The number of carbonyl (C=O) groups excluding carboxylic acids is 2. The Hall–Kier alpha value is -6.52. The molecule has 2 N–H and O–H groups in total. The summed E-state index contributed by atoms with van der Waals surface area (Å²) >= 11 is 0. The number of anilines is 2. The van der Waals surface area contributed by atoms with Gasteiger partial charge in [-0.1, -0.05) is 60.7 Å². The third kappa shape index (κ3) is 9.75. The van der Waals surface area contributed by atoms with Crippen molar-refractivity contribution in [1.29, 1.82) is 10.5 Å². The van der Waals surface area contributed by atoms with Gasteiger partial charge in [-0.2, -0.15) is 10.5 Å². The minimum atomic E-state index is -0.570. The number of nitrogens with one attached hydrogen (secondary N) is 2. The number of nitriles is 2. The summed E-state index contributed by atoms with van der Waals surface area (Å²) in [5.74, 6) is 0.874. The van der Waals surface area contributed by atoms with Crippen LogP contribution in [0.15, 0.2) is 108 Å². The Balaban J connectivity index is 1.36. The number of carbonyl (C=O) groups is 2. The van der Waals surface area contributed by atoms with Crippen molar-refractivity contribution >= 4 is 35.3 Å². The average Bonchev–Trinajstić information content (AvgIpc) is 3.14. The number of hydrogen-bond donors (Lipinski definition) is 2. The molecule has 0 radical (unpaired) electrons. The topological polar surface area (TPSA) is 143 Å². The fourth-order valence-electron chi connectivity index (χ4n) is 4.98. The highest BCUT2D eigenvalue weighted by Crippen LogP contribution is 2.28. The molecule has 10 nitrogen and oxygen atoms in total. The van der Waals surface area contributed by atoms with Crippen LogP contribution in [0.5, 0.6) is 23.0 Å². The number of para-hydroxylation sites is 6. The molecular formula is C40H36N4O6. The zero-order valence-corrected chi connectivity index (χ0v) is 27.4. The van der Waals surface area contributed by atoms with E-state index in [-0.39, 0.29) is 11.1 Å². The normalized spacial score (nSPS) is 17.1. The molecule has 0 aliphatic carbocycles. The van der Waals surface area contributed by atoms with Gasteiger partial charge < -0.3 is 29.6 Å². The van der Waals surface area contributed by atoms with Gasteiger partial charge in [-0.05, 0) is 74.2 Å². The maximum atomic E-state index is 13.2. The first-order valence-electron chi connectivity index (χ1n) is 16.3. The maximum Gasteiger partial charge on any atom is 0.266 e. The zero-order valence-electron chi connectivity index (χ0n) is 27.4. The number of rotatable bonds is 0. The number of hydrogen-bond acceptors (Lipinski definition) is 8. The van der Waals surface area contributed by atoms with Crippen molar-refractivity contribution in [2.24, 2.45) is 0 Å². The molecule has 0 unspecified atom stereocenters. The molecule has 0 saturated heterocycles. The number of benzene rings is 4. The van der Waals surface area contributed by atoms with Crippen molar-refractivity contribution in [3.63, 3.8) is 0 Å². The molecule has 2 amide bonds. The average molecular weight is 669 g/mol. The van der Waals surface area contributed by atoms with Crippen LogP contribution in [0, 0.1) is 22.7 Å². The molecule has 252 valence electrons. The third-order valence-corrected chi connectivity index (χ3v) is 7.55. The lowest BCUT2D eigenvalue weighted by Crippen LogP contribution is -2.15. The molecule has 0 spiro atoms. The van der Waals surface area contributed by atoms with Crippen molar-refractivity contribution in [3.05, 3.63) is 119 Å². The summed E-state index contributed by atoms with van der Waals surface area (Å²) in [4.78, 5) is 26.4. The van der Waals surface area contributed by atoms with E-state index in [1.54, 1.807) is 72.8 Å². The van der Waals surface area contributed by atoms with E-state index in [1.165, 1.54) is 12.2 Å². The van der Waals surface area contributed by atoms with Crippen molar-refractivity contribution in [2.75, 3.05) is 37.1 Å². The third-order valence-electron chi connectivity index (χ3n) is 7.55. The van der Waals surface area contributed by atoms with Crippen LogP contribution in [0.1, 0.15) is 36.8 Å². The smallest absolute Gasteiger partial charge is 0.266 e. The van der Waals surface area contributed by atoms with E-state index < -0.39 is 11.8 Å². The fourth-order valence-corrected chi connectivity index (χ4v) is 4.98. The lowest BCUT2D eigenvalue weighted by molar-refractivity contribution is -0.113. The molecule has 0 aromatic heterocycles. The maximum absolute atomic E-state index is 13.2. The van der Waals surface area contributed by atoms with Gasteiger partial charge >= 0.3 is 0 Å². The second kappa shape index (κ2) is 18.1. The fraction of sp³-hybridized carbons (Fsp3) is 0.200. The van der Waals surface area contributed by atoms with E-state index in [2.05, 4.69) is 10.6 Å². The highest BCUT2D eigenvalue weighted by molar-refractivity contribution is 6.11. The van der Waals surface area contributed by atoms with E-state index >= 15 is 0 Å². The van der Waals surface area contributed by atoms with Crippen LogP contribution in [0.4, 0.5) is 11.4 Å². The monoisotopic (exact) mass is 668 g/mol. The van der Waals surface area contributed by atoms with Crippen LogP contribution in [-0.4, -0.2) is 38.2 Å². The molecule has 4 aromatic rings. The molecule has 1 heterocycles. The summed E-state index contributed by atoms with van der Waals surface area (Å²) in [6.45, 7) is 1.45. The van der Waals surface area contributed by atoms with E-state index in [9.17, 15) is 20.1 Å². The lowest BCUT2D eigenvalue weighted by atomic mass is 10.1. The molecule has 1 aliphatic rings. The molecule has 0 bridgehead atoms. The van der Waals surface area contributed by atoms with Crippen LogP contribution < -0.4 is 29.6 Å². The van der Waals surface area contributed by atoms with Gasteiger partial charge in [0.2, 0.25) is 0 Å². The van der Waals surface area contributed by atoms with Crippen molar-refractivity contribution < 1.29 is 28.5 Å². The Morgan fingerprint density at radius 1 is 0.460 bits per heavy atom. The molecule has 0 saturated carbocycles. The van der Waals surface area contributed by atoms with Crippen molar-refractivity contribution in [2.45, 2.75) is 25.7 Å². The summed E-state index contributed by atoms with van der Waals surface area (Å²) in [7, 11) is 0. The molecule has 10 heteroatoms. The Morgan fingerprint density at radius 3 is 1.16 bits per heavy atom. The summed E-state index contributed by atoms with van der Waals surface area (Å²) in [6.07, 6.45) is 5.60. The van der Waals surface area contributed by atoms with Gasteiger partial charge in [0.15, 0.2) is 0 Å². The number of fused-ring (bicyclic) bond motifs is 4. The van der Waals surface area contributed by atoms with E-state index in [0.717, 1.165) is 0 Å². The SMILES string of the molecule is N#C/C1=C/c2ccccc2OCCCCOc2ccccc2/C=C(/C#N)C(=O)Nc2ccccc2OCCCCOc2ccccc2NC1=O. The number of nitrogens with zero attached hydrogens (tertiary/aromatic N) is 2. The van der Waals surface area contributed by atoms with E-state index in [0.29, 0.717) is 97.6 Å². The number of ether oxygens (including phenoxy) is 4. The van der Waals surface area contributed by atoms with Crippen LogP contribution in [-0.2, 0) is 9.59 Å². The Morgan fingerprint density at radius 2 is 0.780 bits per heavy atom. The van der Waals surface area contributed by atoms with Crippen LogP contribution >= 0.6 is 0 Å². The summed E-state index contributed by atoms with van der Waals surface area (Å²) in [6, 6.07) is 32.5. The zero-order chi connectivity index (χ0) is 35.0. The highest BCUT2D eigenvalue weighted by Gasteiger charge is 2.16. The lowest BCUT2D eigenvalue weighted by Gasteiger charge is -2.14. The minimum absolute atomic E-state index is 0.0849. The quantitative estimate of drug-likeness (QED) is 0.195. The first-order chi connectivity index (χ1) is 24.6. The van der Waals surface area contributed by atoms with Crippen LogP contribution in [0.3, 0.4) is 0 Å². The first-order valence-corrected chi connectivity index (χ1v) is 16.3. The standard InChI is InChI=1S/C40H36N4O6/c41-27-31-25-29-13-1-5-17-35(29)47-21-9-10-22-48-36-18-6-2-14-30(36)26-32(28-42)40(46)44-34-16-4-8-20-38(34)50-24-12-11-23-49-37-19-7-3-15-33(37)43-39(31)45/h1-8,13-20,25-26H,9-12,21-24H2,(H,43,45)(H,44,46)/b31-25-,32-26-. The first kappa shape index (κ1) is 34.8. The molecule has 5 rings (SSSR count).